The van der Waals surface area contributed by atoms with E-state index in [-0.39, 0.29) is 52.7 Å². The molecule has 0 aromatic heterocycles. The quantitative estimate of drug-likeness (QED) is 0.435. The summed E-state index contributed by atoms with van der Waals surface area (Å²) in [5, 5.41) is 8.43. The molecule has 1 heterocycles. The topological polar surface area (TPSA) is 125 Å². The van der Waals surface area contributed by atoms with E-state index >= 15 is 0 Å². The molecule has 34 heavy (non-hydrogen) atoms. The van der Waals surface area contributed by atoms with Gasteiger partial charge in [-0.15, -0.1) is 0 Å². The Balaban J connectivity index is 1.84. The van der Waals surface area contributed by atoms with Crippen molar-refractivity contribution in [2.24, 2.45) is 23.2 Å². The number of rotatable bonds is 9. The van der Waals surface area contributed by atoms with Gasteiger partial charge in [-0.3, -0.25) is 28.9 Å². The summed E-state index contributed by atoms with van der Waals surface area (Å²) in [6.45, 7) is 12.2. The van der Waals surface area contributed by atoms with Crippen molar-refractivity contribution in [3.05, 3.63) is 12.2 Å². The third-order valence-electron chi connectivity index (χ3n) is 6.35. The lowest BCUT2D eigenvalue weighted by Gasteiger charge is -2.31. The average Bonchev–Trinajstić information content (AvgIpc) is 3.07. The van der Waals surface area contributed by atoms with Gasteiger partial charge < -0.3 is 16.0 Å². The largest absolute Gasteiger partial charge is 0.354 e. The molecule has 0 saturated heterocycles. The van der Waals surface area contributed by atoms with E-state index in [4.69, 9.17) is 0 Å². The number of amides is 5. The molecule has 3 N–H and O–H groups in total. The highest BCUT2D eigenvalue weighted by Crippen LogP contribution is 2.30. The fourth-order valence-electron chi connectivity index (χ4n) is 4.16. The second-order valence-electron chi connectivity index (χ2n) is 11.1. The molecule has 0 bridgehead atoms. The minimum Gasteiger partial charge on any atom is -0.354 e. The summed E-state index contributed by atoms with van der Waals surface area (Å²) >= 11 is 0. The molecule has 2 atom stereocenters. The van der Waals surface area contributed by atoms with Gasteiger partial charge >= 0.3 is 0 Å². The number of nitrogens with zero attached hydrogens (tertiary/aromatic N) is 1. The summed E-state index contributed by atoms with van der Waals surface area (Å²) in [4.78, 5) is 62.9. The molecule has 9 nitrogen and oxygen atoms in total. The molecule has 1 aliphatic carbocycles. The van der Waals surface area contributed by atoms with Crippen LogP contribution >= 0.6 is 0 Å². The molecule has 2 rings (SSSR count). The van der Waals surface area contributed by atoms with Gasteiger partial charge in [-0.25, -0.2) is 0 Å². The van der Waals surface area contributed by atoms with E-state index in [2.05, 4.69) is 16.0 Å². The zero-order chi connectivity index (χ0) is 25.6. The van der Waals surface area contributed by atoms with Crippen molar-refractivity contribution in [2.45, 2.75) is 79.3 Å². The molecule has 1 saturated carbocycles. The fraction of sp³-hybridized carbons (Fsp3) is 0.720. The molecule has 0 radical (unpaired) electrons. The Kier molecular flexibility index (Phi) is 9.41. The highest BCUT2D eigenvalue weighted by molar-refractivity contribution is 6.12. The van der Waals surface area contributed by atoms with Gasteiger partial charge in [0.05, 0.1) is 0 Å². The lowest BCUT2D eigenvalue weighted by molar-refractivity contribution is -0.138. The van der Waals surface area contributed by atoms with Crippen LogP contribution in [-0.2, 0) is 24.0 Å². The van der Waals surface area contributed by atoms with Crippen molar-refractivity contribution < 1.29 is 24.0 Å². The van der Waals surface area contributed by atoms with Crippen LogP contribution in [0, 0.1) is 23.2 Å². The van der Waals surface area contributed by atoms with Crippen molar-refractivity contribution >= 4 is 29.5 Å². The van der Waals surface area contributed by atoms with Crippen LogP contribution in [0.5, 0.6) is 0 Å². The predicted octanol–water partition coefficient (Wildman–Crippen LogP) is 1.53. The molecule has 1 fully saturated rings. The first kappa shape index (κ1) is 27.5. The minimum atomic E-state index is -0.742. The summed E-state index contributed by atoms with van der Waals surface area (Å²) in [5.74, 6) is -1.57. The SMILES string of the molecule is CC(C)[C@H](NC(=O)C1CCC(CN2C(=O)C=CC2=O)CC1)C(=O)N[C@@H](C)C(=O)NCC(C)(C)C. The molecule has 9 heteroatoms. The van der Waals surface area contributed by atoms with E-state index in [1.54, 1.807) is 6.92 Å². The second-order valence-corrected chi connectivity index (χ2v) is 11.1. The van der Waals surface area contributed by atoms with Crippen LogP contribution in [0.3, 0.4) is 0 Å². The van der Waals surface area contributed by atoms with Crippen LogP contribution in [0.4, 0.5) is 0 Å². The summed E-state index contributed by atoms with van der Waals surface area (Å²) in [6.07, 6.45) is 5.31. The summed E-state index contributed by atoms with van der Waals surface area (Å²) in [6, 6.07) is -1.46. The third-order valence-corrected chi connectivity index (χ3v) is 6.35. The van der Waals surface area contributed by atoms with E-state index in [0.29, 0.717) is 25.9 Å². The number of nitrogens with one attached hydrogen (secondary N) is 3. The Bertz CT molecular complexity index is 804. The van der Waals surface area contributed by atoms with Crippen molar-refractivity contribution in [1.82, 2.24) is 20.9 Å². The maximum atomic E-state index is 12.9. The maximum Gasteiger partial charge on any atom is 0.253 e. The first-order chi connectivity index (χ1) is 15.8. The Morgan fingerprint density at radius 3 is 2.00 bits per heavy atom. The van der Waals surface area contributed by atoms with Crippen molar-refractivity contribution in [3.63, 3.8) is 0 Å². The normalized spacial score (nSPS) is 22.5. The van der Waals surface area contributed by atoms with E-state index in [1.165, 1.54) is 17.1 Å². The maximum absolute atomic E-state index is 12.9. The van der Waals surface area contributed by atoms with Crippen LogP contribution in [0.25, 0.3) is 0 Å². The van der Waals surface area contributed by atoms with Crippen LogP contribution in [-0.4, -0.2) is 59.6 Å². The lowest BCUT2D eigenvalue weighted by Crippen LogP contribution is -2.55. The van der Waals surface area contributed by atoms with Crippen LogP contribution in [0.2, 0.25) is 0 Å². The molecule has 5 amide bonds. The number of hydrogen-bond acceptors (Lipinski definition) is 5. The van der Waals surface area contributed by atoms with Gasteiger partial charge in [0.15, 0.2) is 0 Å². The fourth-order valence-corrected chi connectivity index (χ4v) is 4.16. The van der Waals surface area contributed by atoms with Crippen molar-refractivity contribution in [3.8, 4) is 0 Å². The van der Waals surface area contributed by atoms with Crippen molar-refractivity contribution in [2.75, 3.05) is 13.1 Å². The smallest absolute Gasteiger partial charge is 0.253 e. The standard InChI is InChI=1S/C25H40N4O5/c1-15(2)21(24(34)27-16(3)22(32)26-14-25(4,5)6)28-23(33)18-9-7-17(8-10-18)13-29-19(30)11-12-20(29)31/h11-12,15-18,21H,7-10,13-14H2,1-6H3,(H,26,32)(H,27,34)(H,28,33)/t16-,17?,18?,21-/m0/s1. The van der Waals surface area contributed by atoms with Crippen LogP contribution < -0.4 is 16.0 Å². The van der Waals surface area contributed by atoms with Gasteiger partial charge in [-0.05, 0) is 49.9 Å². The molecule has 2 aliphatic rings. The van der Waals surface area contributed by atoms with Crippen LogP contribution in [0.15, 0.2) is 12.2 Å². The zero-order valence-corrected chi connectivity index (χ0v) is 21.3. The van der Waals surface area contributed by atoms with Crippen LogP contribution in [0.1, 0.15) is 67.2 Å². The zero-order valence-electron chi connectivity index (χ0n) is 21.3. The Morgan fingerprint density at radius 1 is 0.941 bits per heavy atom. The molecular weight excluding hydrogens is 436 g/mol. The number of imide groups is 1. The predicted molar refractivity (Wildman–Crippen MR) is 128 cm³/mol. The van der Waals surface area contributed by atoms with E-state index in [1.807, 2.05) is 34.6 Å². The van der Waals surface area contributed by atoms with Gasteiger partial charge in [0.25, 0.3) is 11.8 Å². The first-order valence-corrected chi connectivity index (χ1v) is 12.2. The number of carbonyl (C=O) groups excluding carboxylic acids is 5. The molecule has 190 valence electrons. The van der Waals surface area contributed by atoms with Crippen molar-refractivity contribution in [1.29, 1.82) is 0 Å². The van der Waals surface area contributed by atoms with Gasteiger partial charge in [0.2, 0.25) is 17.7 Å². The Hall–Kier alpha value is -2.71. The summed E-state index contributed by atoms with van der Waals surface area (Å²) in [5.41, 5.74) is -0.0662. The monoisotopic (exact) mass is 476 g/mol. The highest BCUT2D eigenvalue weighted by Gasteiger charge is 2.34. The first-order valence-electron chi connectivity index (χ1n) is 12.2. The van der Waals surface area contributed by atoms with Gasteiger partial charge in [0, 0.05) is 31.2 Å². The van der Waals surface area contributed by atoms with E-state index in [0.717, 1.165) is 12.8 Å². The van der Waals surface area contributed by atoms with Gasteiger partial charge in [-0.1, -0.05) is 34.6 Å². The molecule has 0 aromatic carbocycles. The minimum absolute atomic E-state index is 0.0662. The lowest BCUT2D eigenvalue weighted by atomic mass is 9.81. The number of hydrogen-bond donors (Lipinski definition) is 3. The number of carbonyl (C=O) groups is 5. The third kappa shape index (κ3) is 7.95. The molecule has 0 aromatic rings. The molecule has 0 unspecified atom stereocenters. The Labute approximate surface area is 202 Å². The second kappa shape index (κ2) is 11.6. The van der Waals surface area contributed by atoms with E-state index in [9.17, 15) is 24.0 Å². The Morgan fingerprint density at radius 2 is 1.50 bits per heavy atom. The molecule has 1 aliphatic heterocycles. The molecule has 0 spiro atoms. The summed E-state index contributed by atoms with van der Waals surface area (Å²) in [7, 11) is 0. The average molecular weight is 477 g/mol. The van der Waals surface area contributed by atoms with E-state index < -0.39 is 12.1 Å². The highest BCUT2D eigenvalue weighted by atomic mass is 16.2. The van der Waals surface area contributed by atoms with Gasteiger partial charge in [-0.2, -0.15) is 0 Å². The van der Waals surface area contributed by atoms with Gasteiger partial charge in [0.1, 0.15) is 12.1 Å². The molecular formula is C25H40N4O5. The summed E-state index contributed by atoms with van der Waals surface area (Å²) < 4.78 is 0.